The highest BCUT2D eigenvalue weighted by atomic mass is 35.5. The number of piperazine rings is 1. The van der Waals surface area contributed by atoms with Crippen LogP contribution in [0, 0.1) is 5.92 Å². The van der Waals surface area contributed by atoms with Gasteiger partial charge < -0.3 is 4.90 Å². The molecule has 0 spiro atoms. The number of carbonyl (C=O) groups excluding carboxylic acids is 1. The monoisotopic (exact) mass is 274 g/mol. The average Bonchev–Trinajstić information content (AvgIpc) is 2.37. The maximum absolute atomic E-state index is 11.9. The molecule has 1 amide bonds. The van der Waals surface area contributed by atoms with Gasteiger partial charge in [-0.25, -0.2) is 0 Å². The minimum atomic E-state index is 0.309. The third kappa shape index (κ3) is 6.05. The van der Waals surface area contributed by atoms with Crippen LogP contribution >= 0.6 is 11.6 Å². The number of alkyl halides is 1. The van der Waals surface area contributed by atoms with Crippen molar-refractivity contribution in [2.75, 3.05) is 38.6 Å². The van der Waals surface area contributed by atoms with Gasteiger partial charge in [0.25, 0.3) is 0 Å². The summed E-state index contributed by atoms with van der Waals surface area (Å²) in [6.07, 6.45) is 3.79. The van der Waals surface area contributed by atoms with E-state index in [1.54, 1.807) is 0 Å². The highest BCUT2D eigenvalue weighted by molar-refractivity contribution is 6.17. The lowest BCUT2D eigenvalue weighted by atomic mass is 10.1. The molecule has 18 heavy (non-hydrogen) atoms. The summed E-state index contributed by atoms with van der Waals surface area (Å²) in [7, 11) is 0. The van der Waals surface area contributed by atoms with Gasteiger partial charge in [0, 0.05) is 38.5 Å². The van der Waals surface area contributed by atoms with Crippen LogP contribution in [0.25, 0.3) is 0 Å². The summed E-state index contributed by atoms with van der Waals surface area (Å²) in [5, 5.41) is 0. The average molecular weight is 275 g/mol. The number of rotatable bonds is 7. The fourth-order valence-corrected chi connectivity index (χ4v) is 2.38. The maximum atomic E-state index is 11.9. The third-order valence-electron chi connectivity index (χ3n) is 3.52. The zero-order chi connectivity index (χ0) is 13.4. The predicted molar refractivity (Wildman–Crippen MR) is 77.0 cm³/mol. The van der Waals surface area contributed by atoms with Crippen LogP contribution in [0.4, 0.5) is 0 Å². The molecule has 3 nitrogen and oxygen atoms in total. The van der Waals surface area contributed by atoms with E-state index < -0.39 is 0 Å². The Morgan fingerprint density at radius 2 is 1.83 bits per heavy atom. The van der Waals surface area contributed by atoms with E-state index in [0.29, 0.717) is 18.2 Å². The molecule has 0 unspecified atom stereocenters. The number of hydrogen-bond acceptors (Lipinski definition) is 2. The van der Waals surface area contributed by atoms with Crippen molar-refractivity contribution in [3.05, 3.63) is 0 Å². The fourth-order valence-electron chi connectivity index (χ4n) is 2.19. The Hall–Kier alpha value is -0.280. The zero-order valence-electron chi connectivity index (χ0n) is 11.8. The molecule has 1 aliphatic rings. The van der Waals surface area contributed by atoms with Gasteiger partial charge in [0.1, 0.15) is 0 Å². The van der Waals surface area contributed by atoms with E-state index in [1.807, 2.05) is 4.90 Å². The first-order valence-electron chi connectivity index (χ1n) is 7.19. The molecule has 0 bridgehead atoms. The fraction of sp³-hybridized carbons (Fsp3) is 0.929. The lowest BCUT2D eigenvalue weighted by Gasteiger charge is -2.35. The van der Waals surface area contributed by atoms with Crippen molar-refractivity contribution in [2.24, 2.45) is 5.92 Å². The number of amides is 1. The van der Waals surface area contributed by atoms with Crippen molar-refractivity contribution >= 4 is 17.5 Å². The van der Waals surface area contributed by atoms with Crippen LogP contribution in [0.2, 0.25) is 0 Å². The van der Waals surface area contributed by atoms with Crippen molar-refractivity contribution in [2.45, 2.75) is 39.5 Å². The summed E-state index contributed by atoms with van der Waals surface area (Å²) in [6.45, 7) is 9.57. The van der Waals surface area contributed by atoms with Crippen LogP contribution in [-0.4, -0.2) is 54.3 Å². The zero-order valence-corrected chi connectivity index (χ0v) is 12.6. The molecule has 4 heteroatoms. The van der Waals surface area contributed by atoms with E-state index in [0.717, 1.165) is 44.9 Å². The molecule has 0 aromatic carbocycles. The highest BCUT2D eigenvalue weighted by Gasteiger charge is 2.20. The van der Waals surface area contributed by atoms with Gasteiger partial charge in [-0.1, -0.05) is 13.8 Å². The second-order valence-electron chi connectivity index (χ2n) is 5.55. The Morgan fingerprint density at radius 3 is 2.39 bits per heavy atom. The van der Waals surface area contributed by atoms with Crippen LogP contribution in [0.15, 0.2) is 0 Å². The van der Waals surface area contributed by atoms with E-state index in [1.165, 1.54) is 13.0 Å². The molecule has 0 atom stereocenters. The first-order valence-corrected chi connectivity index (χ1v) is 7.73. The molecule has 0 radical (unpaired) electrons. The maximum Gasteiger partial charge on any atom is 0.222 e. The molecule has 0 aromatic heterocycles. The molecule has 1 heterocycles. The standard InChI is InChI=1S/C14H27ClN2O/c1-13(2)6-8-16-9-11-17(12-10-16)14(18)5-3-4-7-15/h13H,3-12H2,1-2H3. The molecule has 1 saturated heterocycles. The number of carbonyl (C=O) groups is 1. The quantitative estimate of drug-likeness (QED) is 0.526. The van der Waals surface area contributed by atoms with Crippen LogP contribution in [0.1, 0.15) is 39.5 Å². The summed E-state index contributed by atoms with van der Waals surface area (Å²) >= 11 is 5.62. The Balaban J connectivity index is 2.16. The van der Waals surface area contributed by atoms with E-state index in [4.69, 9.17) is 11.6 Å². The van der Waals surface area contributed by atoms with Crippen molar-refractivity contribution in [1.29, 1.82) is 0 Å². The van der Waals surface area contributed by atoms with E-state index >= 15 is 0 Å². The van der Waals surface area contributed by atoms with E-state index in [9.17, 15) is 4.79 Å². The van der Waals surface area contributed by atoms with Crippen LogP contribution in [-0.2, 0) is 4.79 Å². The van der Waals surface area contributed by atoms with Crippen LogP contribution in [0.5, 0.6) is 0 Å². The van der Waals surface area contributed by atoms with Gasteiger partial charge in [-0.15, -0.1) is 11.6 Å². The first kappa shape index (κ1) is 15.8. The molecule has 0 saturated carbocycles. The Bertz CT molecular complexity index is 238. The van der Waals surface area contributed by atoms with Gasteiger partial charge in [-0.2, -0.15) is 0 Å². The number of unbranched alkanes of at least 4 members (excludes halogenated alkanes) is 1. The Labute approximate surface area is 116 Å². The number of halogens is 1. The molecule has 1 fully saturated rings. The van der Waals surface area contributed by atoms with Gasteiger partial charge in [-0.05, 0) is 31.7 Å². The van der Waals surface area contributed by atoms with Crippen molar-refractivity contribution in [3.8, 4) is 0 Å². The molecule has 0 aliphatic carbocycles. The summed E-state index contributed by atoms with van der Waals surface area (Å²) in [5.41, 5.74) is 0. The molecule has 0 N–H and O–H groups in total. The van der Waals surface area contributed by atoms with Crippen molar-refractivity contribution < 1.29 is 4.79 Å². The van der Waals surface area contributed by atoms with E-state index in [2.05, 4.69) is 18.7 Å². The smallest absolute Gasteiger partial charge is 0.222 e. The molecule has 106 valence electrons. The van der Waals surface area contributed by atoms with Crippen LogP contribution < -0.4 is 0 Å². The van der Waals surface area contributed by atoms with Gasteiger partial charge in [-0.3, -0.25) is 9.69 Å². The predicted octanol–water partition coefficient (Wildman–Crippen LogP) is 2.59. The lowest BCUT2D eigenvalue weighted by molar-refractivity contribution is -0.133. The molecular formula is C14H27ClN2O. The topological polar surface area (TPSA) is 23.6 Å². The minimum absolute atomic E-state index is 0.309. The largest absolute Gasteiger partial charge is 0.340 e. The normalized spacial score (nSPS) is 17.4. The molecular weight excluding hydrogens is 248 g/mol. The van der Waals surface area contributed by atoms with Gasteiger partial charge in [0.05, 0.1) is 0 Å². The number of nitrogens with zero attached hydrogens (tertiary/aromatic N) is 2. The second-order valence-corrected chi connectivity index (χ2v) is 5.93. The lowest BCUT2D eigenvalue weighted by Crippen LogP contribution is -2.48. The van der Waals surface area contributed by atoms with Gasteiger partial charge in [0.15, 0.2) is 0 Å². The van der Waals surface area contributed by atoms with Gasteiger partial charge in [0.2, 0.25) is 5.91 Å². The summed E-state index contributed by atoms with van der Waals surface area (Å²) in [6, 6.07) is 0. The summed E-state index contributed by atoms with van der Waals surface area (Å²) in [4.78, 5) is 16.4. The van der Waals surface area contributed by atoms with Crippen molar-refractivity contribution in [3.63, 3.8) is 0 Å². The Kier molecular flexibility index (Phi) is 7.68. The van der Waals surface area contributed by atoms with Crippen LogP contribution in [0.3, 0.4) is 0 Å². The minimum Gasteiger partial charge on any atom is -0.340 e. The Morgan fingerprint density at radius 1 is 1.17 bits per heavy atom. The summed E-state index contributed by atoms with van der Waals surface area (Å²) < 4.78 is 0. The highest BCUT2D eigenvalue weighted by Crippen LogP contribution is 2.09. The third-order valence-corrected chi connectivity index (χ3v) is 3.79. The van der Waals surface area contributed by atoms with Gasteiger partial charge >= 0.3 is 0 Å². The molecule has 1 rings (SSSR count). The molecule has 0 aromatic rings. The van der Waals surface area contributed by atoms with Crippen molar-refractivity contribution in [1.82, 2.24) is 9.80 Å². The summed E-state index contributed by atoms with van der Waals surface area (Å²) in [5.74, 6) is 1.74. The van der Waals surface area contributed by atoms with E-state index in [-0.39, 0.29) is 0 Å². The second kappa shape index (κ2) is 8.76. The molecule has 1 aliphatic heterocycles. The number of hydrogen-bond donors (Lipinski definition) is 0. The first-order chi connectivity index (χ1) is 8.63. The SMILES string of the molecule is CC(C)CCN1CCN(C(=O)CCCCCl)CC1.